The van der Waals surface area contributed by atoms with Gasteiger partial charge in [0, 0.05) is 19.4 Å². The Labute approximate surface area is 461 Å². The molecule has 23 N–H and O–H groups in total. The number of phenolic OH excluding ortho intramolecular Hbond substituents is 1. The Balaban J connectivity index is 3.21. The summed E-state index contributed by atoms with van der Waals surface area (Å²) in [6, 6.07) is -5.19. The number of carboxylic acids is 1. The first-order chi connectivity index (χ1) is 37.2. The average Bonchev–Trinajstić information content (AvgIpc) is 3.37. The number of carbonyl (C=O) groups excluding carboxylic acids is 11. The number of carboxylic acid groups (broad SMARTS) is 1. The smallest absolute Gasteiger partial charge is 0.326 e. The van der Waals surface area contributed by atoms with Gasteiger partial charge in [0.05, 0.1) is 25.6 Å². The second-order valence-corrected chi connectivity index (χ2v) is 19.8. The zero-order valence-electron chi connectivity index (χ0n) is 44.9. The van der Waals surface area contributed by atoms with Gasteiger partial charge in [0.1, 0.15) is 48.0 Å². The topological polar surface area (TPSA) is 522 Å². The molecular weight excluding hydrogens is 1060 g/mol. The van der Waals surface area contributed by atoms with Crippen LogP contribution in [0.3, 0.4) is 0 Å². The number of hydrogen-bond donors (Lipinski definition) is 17. The molecule has 30 nitrogen and oxygen atoms in total. The maximum absolute atomic E-state index is 14.0. The van der Waals surface area contributed by atoms with Crippen LogP contribution in [0.25, 0.3) is 0 Å². The Morgan fingerprint density at radius 1 is 0.582 bits per heavy atom. The van der Waals surface area contributed by atoms with Crippen molar-refractivity contribution in [3.05, 3.63) is 29.8 Å². The van der Waals surface area contributed by atoms with Crippen molar-refractivity contribution < 1.29 is 67.7 Å². The predicted molar refractivity (Wildman–Crippen MR) is 290 cm³/mol. The zero-order valence-corrected chi connectivity index (χ0v) is 45.7. The molecule has 8 atom stereocenters. The number of rotatable bonds is 39. The summed E-state index contributed by atoms with van der Waals surface area (Å²) in [5.41, 5.74) is 33.3. The molecule has 0 spiro atoms. The highest BCUT2D eigenvalue weighted by Crippen LogP contribution is 2.13. The fourth-order valence-electron chi connectivity index (χ4n) is 7.22. The molecule has 1 aromatic carbocycles. The molecule has 0 saturated carbocycles. The number of nitrogens with zero attached hydrogens (tertiary/aromatic N) is 1. The van der Waals surface area contributed by atoms with Gasteiger partial charge in [-0.2, -0.15) is 11.8 Å². The van der Waals surface area contributed by atoms with Gasteiger partial charge in [0.25, 0.3) is 0 Å². The van der Waals surface area contributed by atoms with E-state index in [1.807, 2.05) is 6.26 Å². The molecule has 1 rings (SSSR count). The van der Waals surface area contributed by atoms with E-state index >= 15 is 0 Å². The molecule has 0 bridgehead atoms. The van der Waals surface area contributed by atoms with E-state index in [1.165, 1.54) is 43.0 Å². The predicted octanol–water partition coefficient (Wildman–Crippen LogP) is -5.88. The molecule has 0 aromatic heterocycles. The van der Waals surface area contributed by atoms with E-state index in [2.05, 4.69) is 52.8 Å². The normalized spacial score (nSPS) is 13.9. The van der Waals surface area contributed by atoms with Gasteiger partial charge in [-0.15, -0.1) is 0 Å². The van der Waals surface area contributed by atoms with Crippen LogP contribution in [0.1, 0.15) is 90.5 Å². The van der Waals surface area contributed by atoms with Crippen LogP contribution in [0.15, 0.2) is 29.3 Å². The third-order valence-corrected chi connectivity index (χ3v) is 12.1. The minimum Gasteiger partial charge on any atom is -0.508 e. The number of phenols is 1. The third-order valence-electron chi connectivity index (χ3n) is 11.4. The Bertz CT molecular complexity index is 2270. The van der Waals surface area contributed by atoms with E-state index in [0.29, 0.717) is 24.2 Å². The minimum atomic E-state index is -1.54. The van der Waals surface area contributed by atoms with Crippen molar-refractivity contribution in [2.75, 3.05) is 38.2 Å². The van der Waals surface area contributed by atoms with Gasteiger partial charge in [-0.05, 0) is 100 Å². The molecule has 79 heavy (non-hydrogen) atoms. The summed E-state index contributed by atoms with van der Waals surface area (Å²) in [7, 11) is 0. The summed E-state index contributed by atoms with van der Waals surface area (Å²) in [6.45, 7) is 3.65. The Hall–Kier alpha value is -7.80. The van der Waals surface area contributed by atoms with Crippen LogP contribution < -0.4 is 82.3 Å². The van der Waals surface area contributed by atoms with Crippen molar-refractivity contribution in [3.63, 3.8) is 0 Å². The van der Waals surface area contributed by atoms with Gasteiger partial charge in [-0.1, -0.05) is 26.0 Å². The lowest BCUT2D eigenvalue weighted by molar-refractivity contribution is -0.142. The maximum atomic E-state index is 14.0. The highest BCUT2D eigenvalue weighted by Gasteiger charge is 2.33. The number of aromatic hydroxyl groups is 1. The molecule has 0 aliphatic heterocycles. The molecule has 0 unspecified atom stereocenters. The van der Waals surface area contributed by atoms with Crippen LogP contribution >= 0.6 is 11.8 Å². The van der Waals surface area contributed by atoms with Crippen molar-refractivity contribution >= 4 is 88.7 Å². The molecule has 442 valence electrons. The number of unbranched alkanes of at least 4 members (excludes halogenated alkanes) is 1. The van der Waals surface area contributed by atoms with Crippen LogP contribution in [-0.2, 0) is 64.0 Å². The zero-order chi connectivity index (χ0) is 59.8. The van der Waals surface area contributed by atoms with Crippen molar-refractivity contribution in [1.82, 2.24) is 47.9 Å². The maximum Gasteiger partial charge on any atom is 0.326 e. The molecule has 0 fully saturated rings. The van der Waals surface area contributed by atoms with Gasteiger partial charge in [0.2, 0.25) is 65.0 Å². The van der Waals surface area contributed by atoms with Gasteiger partial charge < -0.3 is 92.5 Å². The quantitative estimate of drug-likeness (QED) is 0.0166. The molecular formula is C48H80N16O14S. The molecule has 11 amide bonds. The number of benzene rings is 1. The number of nitrogens with two attached hydrogens (primary N) is 6. The average molecular weight is 1140 g/mol. The molecule has 0 saturated heterocycles. The third kappa shape index (κ3) is 29.5. The molecule has 31 heteroatoms. The summed E-state index contributed by atoms with van der Waals surface area (Å²) in [4.78, 5) is 160. The fraction of sp³-hybridized carbons (Fsp3) is 0.604. The van der Waals surface area contributed by atoms with E-state index in [0.717, 1.165) is 0 Å². The fourth-order valence-corrected chi connectivity index (χ4v) is 7.71. The highest BCUT2D eigenvalue weighted by atomic mass is 32.2. The molecule has 0 aliphatic rings. The monoisotopic (exact) mass is 1140 g/mol. The van der Waals surface area contributed by atoms with Crippen molar-refractivity contribution in [2.24, 2.45) is 45.3 Å². The van der Waals surface area contributed by atoms with Crippen LogP contribution in [-0.4, -0.2) is 174 Å². The first-order valence-electron chi connectivity index (χ1n) is 25.4. The highest BCUT2D eigenvalue weighted by molar-refractivity contribution is 7.98. The first-order valence-corrected chi connectivity index (χ1v) is 26.8. The lowest BCUT2D eigenvalue weighted by Gasteiger charge is -2.27. The van der Waals surface area contributed by atoms with E-state index < -0.39 is 139 Å². The van der Waals surface area contributed by atoms with Gasteiger partial charge >= 0.3 is 5.97 Å². The van der Waals surface area contributed by atoms with Gasteiger partial charge in [-0.3, -0.25) is 57.7 Å². The van der Waals surface area contributed by atoms with Crippen LogP contribution in [0.5, 0.6) is 5.75 Å². The Morgan fingerprint density at radius 2 is 1.10 bits per heavy atom. The lowest BCUT2D eigenvalue weighted by Crippen LogP contribution is -2.59. The first kappa shape index (κ1) is 69.2. The standard InChI is InChI=1S/C48H80N16O14S/c1-25(2)20-33(62-40(70)26(3)58-44(74)34(21-27-10-12-28(65)13-11-27)64-46(76)35(22-37(52)67)63-41(71)29(50)16-19-79-4)45(75)61-30(8-5-6-17-49)42(72)56-23-38(68)59-31(14-15-36(51)66)43(73)57-24-39(69)60-32(47(77)78)9-7-18-55-48(53)54/h10-13,25-26,29-35,65H,5-9,14-24,49-50H2,1-4H3,(H2,51,66)(H2,52,67)(H,56,72)(H,57,73)(H,58,74)(H,59,68)(H,60,69)(H,61,75)(H,62,70)(H,63,71)(H,64,76)(H,77,78)(H4,53,54,55)/t26-,29-,30-,31-,32-,33-,34-,35-/m0/s1. The number of amides is 11. The lowest BCUT2D eigenvalue weighted by atomic mass is 10.0. The van der Waals surface area contributed by atoms with Crippen LogP contribution in [0.4, 0.5) is 0 Å². The second-order valence-electron chi connectivity index (χ2n) is 18.8. The molecule has 0 radical (unpaired) electrons. The summed E-state index contributed by atoms with van der Waals surface area (Å²) in [5, 5.41) is 41.2. The van der Waals surface area contributed by atoms with E-state index in [1.54, 1.807) is 13.8 Å². The number of aliphatic carboxylic acids is 1. The molecule has 0 heterocycles. The van der Waals surface area contributed by atoms with E-state index in [9.17, 15) is 67.7 Å². The van der Waals surface area contributed by atoms with E-state index in [-0.39, 0.29) is 82.1 Å². The Morgan fingerprint density at radius 3 is 1.63 bits per heavy atom. The van der Waals surface area contributed by atoms with Crippen LogP contribution in [0, 0.1) is 5.92 Å². The number of guanidine groups is 1. The number of nitrogens with one attached hydrogen (secondary N) is 9. The number of thioether (sulfide) groups is 1. The summed E-state index contributed by atoms with van der Waals surface area (Å²) in [5.74, 6) is -11.1. The van der Waals surface area contributed by atoms with Gasteiger partial charge in [-0.25, -0.2) is 4.79 Å². The number of aliphatic imine (C=N–C) groups is 1. The summed E-state index contributed by atoms with van der Waals surface area (Å²) in [6.07, 6.45) is 1.42. The molecule has 1 aromatic rings. The summed E-state index contributed by atoms with van der Waals surface area (Å²) < 4.78 is 0. The minimum absolute atomic E-state index is 0.0127. The largest absolute Gasteiger partial charge is 0.508 e. The number of carbonyl (C=O) groups is 12. The summed E-state index contributed by atoms with van der Waals surface area (Å²) >= 11 is 1.44. The van der Waals surface area contributed by atoms with Crippen LogP contribution in [0.2, 0.25) is 0 Å². The SMILES string of the molecule is CSCC[C@H](N)C(=O)N[C@@H](CC(N)=O)C(=O)N[C@@H](Cc1ccc(O)cc1)C(=O)N[C@@H](C)C(=O)N[C@@H](CC(C)C)C(=O)N[C@@H](CCCCN)C(=O)NCC(=O)N[C@@H](CCC(N)=O)C(=O)NCC(=O)N[C@@H](CCCN=C(N)N)C(=O)O. The number of hydrogen-bond acceptors (Lipinski definition) is 17. The van der Waals surface area contributed by atoms with Crippen molar-refractivity contribution in [1.29, 1.82) is 0 Å². The Kier molecular flexibility index (Phi) is 32.5. The second kappa shape index (κ2) is 37.1. The van der Waals surface area contributed by atoms with E-state index in [4.69, 9.17) is 34.4 Å². The molecule has 0 aliphatic carbocycles. The number of primary amides is 2. The van der Waals surface area contributed by atoms with Crippen molar-refractivity contribution in [3.8, 4) is 5.75 Å². The van der Waals surface area contributed by atoms with Crippen molar-refractivity contribution in [2.45, 2.75) is 140 Å². The van der Waals surface area contributed by atoms with Gasteiger partial charge in [0.15, 0.2) is 5.96 Å².